The maximum atomic E-state index is 5.66. The number of rotatable bonds is 1. The van der Waals surface area contributed by atoms with Gasteiger partial charge in [0.25, 0.3) is 0 Å². The van der Waals surface area contributed by atoms with E-state index in [0.29, 0.717) is 5.82 Å². The van der Waals surface area contributed by atoms with Crippen molar-refractivity contribution in [1.82, 2.24) is 19.5 Å². The van der Waals surface area contributed by atoms with E-state index in [4.69, 9.17) is 5.73 Å². The van der Waals surface area contributed by atoms with Crippen molar-refractivity contribution >= 4 is 5.82 Å². The van der Waals surface area contributed by atoms with E-state index in [9.17, 15) is 0 Å². The van der Waals surface area contributed by atoms with Crippen molar-refractivity contribution in [3.63, 3.8) is 0 Å². The van der Waals surface area contributed by atoms with E-state index >= 15 is 0 Å². The SMILES string of the molecule is Nc1cc(-n2cnc3c2CCCC3)ncn1. The van der Waals surface area contributed by atoms with Crippen LogP contribution in [0.15, 0.2) is 18.7 Å². The summed E-state index contributed by atoms with van der Waals surface area (Å²) in [6.45, 7) is 0. The summed E-state index contributed by atoms with van der Waals surface area (Å²) >= 11 is 0. The molecule has 2 aromatic rings. The van der Waals surface area contributed by atoms with Crippen LogP contribution in [0.2, 0.25) is 0 Å². The monoisotopic (exact) mass is 215 g/mol. The van der Waals surface area contributed by atoms with Gasteiger partial charge in [0.05, 0.1) is 5.69 Å². The largest absolute Gasteiger partial charge is 0.384 e. The van der Waals surface area contributed by atoms with Crippen LogP contribution in [0.4, 0.5) is 5.82 Å². The summed E-state index contributed by atoms with van der Waals surface area (Å²) in [5.41, 5.74) is 8.12. The molecule has 5 heteroatoms. The van der Waals surface area contributed by atoms with E-state index in [0.717, 1.165) is 18.7 Å². The van der Waals surface area contributed by atoms with Crippen LogP contribution in [0, 0.1) is 0 Å². The minimum Gasteiger partial charge on any atom is -0.384 e. The standard InChI is InChI=1S/C11H13N5/c12-10-5-11(14-6-13-10)16-7-15-8-3-1-2-4-9(8)16/h5-7H,1-4H2,(H2,12,13,14). The summed E-state index contributed by atoms with van der Waals surface area (Å²) in [6, 6.07) is 1.77. The third-order valence-electron chi connectivity index (χ3n) is 2.95. The number of imidazole rings is 1. The molecule has 2 heterocycles. The highest BCUT2D eigenvalue weighted by Gasteiger charge is 2.16. The molecule has 0 amide bonds. The molecule has 5 nitrogen and oxygen atoms in total. The number of nitrogen functional groups attached to an aromatic ring is 1. The zero-order valence-corrected chi connectivity index (χ0v) is 8.93. The van der Waals surface area contributed by atoms with Gasteiger partial charge < -0.3 is 5.73 Å². The normalized spacial score (nSPS) is 14.8. The molecular weight excluding hydrogens is 202 g/mol. The third kappa shape index (κ3) is 1.44. The number of aromatic nitrogens is 4. The van der Waals surface area contributed by atoms with Crippen LogP contribution in [-0.2, 0) is 12.8 Å². The van der Waals surface area contributed by atoms with Crippen LogP contribution in [-0.4, -0.2) is 19.5 Å². The Balaban J connectivity index is 2.09. The fraction of sp³-hybridized carbons (Fsp3) is 0.364. The van der Waals surface area contributed by atoms with Gasteiger partial charge in [-0.3, -0.25) is 4.57 Å². The van der Waals surface area contributed by atoms with Gasteiger partial charge in [-0.05, 0) is 25.7 Å². The fourth-order valence-electron chi connectivity index (χ4n) is 2.16. The molecule has 1 aliphatic carbocycles. The van der Waals surface area contributed by atoms with Gasteiger partial charge >= 0.3 is 0 Å². The minimum atomic E-state index is 0.489. The lowest BCUT2D eigenvalue weighted by Gasteiger charge is -2.13. The molecule has 0 unspecified atom stereocenters. The Morgan fingerprint density at radius 3 is 2.88 bits per heavy atom. The molecule has 0 saturated carbocycles. The zero-order valence-electron chi connectivity index (χ0n) is 8.93. The molecule has 2 N–H and O–H groups in total. The summed E-state index contributed by atoms with van der Waals surface area (Å²) in [7, 11) is 0. The second-order valence-electron chi connectivity index (χ2n) is 4.02. The van der Waals surface area contributed by atoms with Crippen LogP contribution in [0.25, 0.3) is 5.82 Å². The highest BCUT2D eigenvalue weighted by atomic mass is 15.1. The van der Waals surface area contributed by atoms with Crippen LogP contribution in [0.3, 0.4) is 0 Å². The maximum Gasteiger partial charge on any atom is 0.143 e. The topological polar surface area (TPSA) is 69.6 Å². The minimum absolute atomic E-state index is 0.489. The molecule has 0 aliphatic heterocycles. The van der Waals surface area contributed by atoms with Crippen molar-refractivity contribution in [1.29, 1.82) is 0 Å². The van der Waals surface area contributed by atoms with E-state index in [1.807, 2.05) is 10.9 Å². The fourth-order valence-corrected chi connectivity index (χ4v) is 2.16. The van der Waals surface area contributed by atoms with Crippen molar-refractivity contribution in [2.45, 2.75) is 25.7 Å². The highest BCUT2D eigenvalue weighted by molar-refractivity contribution is 5.38. The van der Waals surface area contributed by atoms with Crippen LogP contribution >= 0.6 is 0 Å². The Bertz CT molecular complexity index is 517. The number of anilines is 1. The molecule has 3 rings (SSSR count). The van der Waals surface area contributed by atoms with Gasteiger partial charge in [0.15, 0.2) is 0 Å². The first-order valence-corrected chi connectivity index (χ1v) is 5.47. The third-order valence-corrected chi connectivity index (χ3v) is 2.95. The molecule has 0 atom stereocenters. The molecule has 0 spiro atoms. The lowest BCUT2D eigenvalue weighted by molar-refractivity contribution is 0.654. The maximum absolute atomic E-state index is 5.66. The van der Waals surface area contributed by atoms with E-state index in [-0.39, 0.29) is 0 Å². The summed E-state index contributed by atoms with van der Waals surface area (Å²) in [4.78, 5) is 12.5. The van der Waals surface area contributed by atoms with E-state index in [1.165, 1.54) is 30.6 Å². The molecule has 1 aliphatic rings. The molecular formula is C11H13N5. The first-order chi connectivity index (χ1) is 7.84. The van der Waals surface area contributed by atoms with Crippen molar-refractivity contribution < 1.29 is 0 Å². The first kappa shape index (κ1) is 9.33. The number of hydrogen-bond acceptors (Lipinski definition) is 4. The van der Waals surface area contributed by atoms with Gasteiger partial charge in [-0.1, -0.05) is 0 Å². The number of fused-ring (bicyclic) bond motifs is 1. The molecule has 0 radical (unpaired) electrons. The van der Waals surface area contributed by atoms with E-state index in [1.54, 1.807) is 6.07 Å². The quantitative estimate of drug-likeness (QED) is 0.774. The van der Waals surface area contributed by atoms with Crippen LogP contribution < -0.4 is 5.73 Å². The van der Waals surface area contributed by atoms with Crippen molar-refractivity contribution in [2.24, 2.45) is 0 Å². The van der Waals surface area contributed by atoms with E-state index < -0.39 is 0 Å². The lowest BCUT2D eigenvalue weighted by Crippen LogP contribution is -2.08. The average molecular weight is 215 g/mol. The molecule has 0 fully saturated rings. The van der Waals surface area contributed by atoms with Gasteiger partial charge in [-0.2, -0.15) is 0 Å². The summed E-state index contributed by atoms with van der Waals surface area (Å²) in [5, 5.41) is 0. The van der Waals surface area contributed by atoms with Crippen molar-refractivity contribution in [3.05, 3.63) is 30.1 Å². The lowest BCUT2D eigenvalue weighted by atomic mass is 10.0. The predicted molar refractivity (Wildman–Crippen MR) is 60.2 cm³/mol. The van der Waals surface area contributed by atoms with Gasteiger partial charge in [0.2, 0.25) is 0 Å². The Hall–Kier alpha value is -1.91. The van der Waals surface area contributed by atoms with Gasteiger partial charge in [-0.25, -0.2) is 15.0 Å². The van der Waals surface area contributed by atoms with E-state index in [2.05, 4.69) is 15.0 Å². The number of nitrogens with two attached hydrogens (primary N) is 1. The summed E-state index contributed by atoms with van der Waals surface area (Å²) < 4.78 is 2.02. The summed E-state index contributed by atoms with van der Waals surface area (Å²) in [5.74, 6) is 1.30. The van der Waals surface area contributed by atoms with Gasteiger partial charge in [-0.15, -0.1) is 0 Å². The molecule has 0 aromatic carbocycles. The van der Waals surface area contributed by atoms with Crippen molar-refractivity contribution in [3.8, 4) is 5.82 Å². The Labute approximate surface area is 93.4 Å². The summed E-state index contributed by atoms with van der Waals surface area (Å²) in [6.07, 6.45) is 7.91. The van der Waals surface area contributed by atoms with Gasteiger partial charge in [0, 0.05) is 11.8 Å². The number of hydrogen-bond donors (Lipinski definition) is 1. The molecule has 0 saturated heterocycles. The van der Waals surface area contributed by atoms with Crippen LogP contribution in [0.5, 0.6) is 0 Å². The predicted octanol–water partition coefficient (Wildman–Crippen LogP) is 1.12. The molecule has 82 valence electrons. The smallest absolute Gasteiger partial charge is 0.143 e. The average Bonchev–Trinajstić information content (AvgIpc) is 2.72. The molecule has 16 heavy (non-hydrogen) atoms. The number of nitrogens with zero attached hydrogens (tertiary/aromatic N) is 4. The Kier molecular flexibility index (Phi) is 2.09. The molecule has 2 aromatic heterocycles. The second kappa shape index (κ2) is 3.59. The first-order valence-electron chi connectivity index (χ1n) is 5.47. The van der Waals surface area contributed by atoms with Crippen LogP contribution in [0.1, 0.15) is 24.2 Å². The van der Waals surface area contributed by atoms with Gasteiger partial charge in [0.1, 0.15) is 24.3 Å². The number of aryl methyl sites for hydroxylation is 1. The van der Waals surface area contributed by atoms with Crippen molar-refractivity contribution in [2.75, 3.05) is 5.73 Å². The second-order valence-corrected chi connectivity index (χ2v) is 4.02. The Morgan fingerprint density at radius 2 is 2.00 bits per heavy atom. The Morgan fingerprint density at radius 1 is 1.12 bits per heavy atom. The molecule has 0 bridgehead atoms. The highest BCUT2D eigenvalue weighted by Crippen LogP contribution is 2.22. The zero-order chi connectivity index (χ0) is 11.0.